The summed E-state index contributed by atoms with van der Waals surface area (Å²) in [7, 11) is 0. The third-order valence-electron chi connectivity index (χ3n) is 7.17. The van der Waals surface area contributed by atoms with Crippen molar-refractivity contribution >= 4 is 11.9 Å². The van der Waals surface area contributed by atoms with E-state index in [-0.39, 0.29) is 11.8 Å². The Labute approximate surface area is 208 Å². The van der Waals surface area contributed by atoms with Crippen LogP contribution in [0.4, 0.5) is 0 Å². The van der Waals surface area contributed by atoms with Gasteiger partial charge in [0.15, 0.2) is 0 Å². The van der Waals surface area contributed by atoms with Crippen molar-refractivity contribution in [1.82, 2.24) is 0 Å². The van der Waals surface area contributed by atoms with Gasteiger partial charge < -0.3 is 19.7 Å². The zero-order chi connectivity index (χ0) is 26.0. The van der Waals surface area contributed by atoms with Crippen LogP contribution in [-0.4, -0.2) is 45.6 Å². The molecule has 1 saturated carbocycles. The molecule has 0 radical (unpaired) electrons. The Balaban J connectivity index is 2.06. The summed E-state index contributed by atoms with van der Waals surface area (Å²) < 4.78 is 11.8. The van der Waals surface area contributed by atoms with E-state index in [0.29, 0.717) is 30.4 Å². The number of rotatable bonds is 4. The number of allylic oxidation sites excluding steroid dienone is 2. The van der Waals surface area contributed by atoms with Crippen LogP contribution >= 0.6 is 0 Å². The second-order valence-corrected chi connectivity index (χ2v) is 10.7. The van der Waals surface area contributed by atoms with Gasteiger partial charge >= 0.3 is 11.9 Å². The molecular weight excluding hydrogens is 444 g/mol. The summed E-state index contributed by atoms with van der Waals surface area (Å²) >= 11 is 0. The first kappa shape index (κ1) is 26.9. The van der Waals surface area contributed by atoms with E-state index >= 15 is 0 Å². The van der Waals surface area contributed by atoms with Crippen LogP contribution < -0.4 is 0 Å². The monoisotopic (exact) mass is 482 g/mol. The number of benzene rings is 1. The molecule has 0 spiro atoms. The van der Waals surface area contributed by atoms with E-state index in [2.05, 4.69) is 6.58 Å². The Hall–Kier alpha value is -2.70. The lowest BCUT2D eigenvalue weighted by molar-refractivity contribution is -0.153. The maximum absolute atomic E-state index is 13.0. The molecule has 2 aliphatic carbocycles. The number of carbonyl (C=O) groups excluding carboxylic acids is 2. The molecule has 6 atom stereocenters. The highest BCUT2D eigenvalue weighted by Gasteiger charge is 2.57. The van der Waals surface area contributed by atoms with Crippen LogP contribution in [0.15, 0.2) is 66.3 Å². The van der Waals surface area contributed by atoms with Gasteiger partial charge in [0.25, 0.3) is 0 Å². The number of aliphatic hydroxyl groups is 2. The largest absolute Gasteiger partial charge is 0.458 e. The molecule has 3 rings (SSSR count). The summed E-state index contributed by atoms with van der Waals surface area (Å²) in [6, 6.07) is 8.71. The molecule has 0 bridgehead atoms. The minimum absolute atomic E-state index is 0.168. The number of hydrogen-bond donors (Lipinski definition) is 2. The van der Waals surface area contributed by atoms with Crippen molar-refractivity contribution in [2.45, 2.75) is 77.3 Å². The van der Waals surface area contributed by atoms with Gasteiger partial charge in [0.1, 0.15) is 12.2 Å². The average Bonchev–Trinajstić information content (AvgIpc) is 2.98. The fourth-order valence-electron chi connectivity index (χ4n) is 5.42. The van der Waals surface area contributed by atoms with Crippen LogP contribution in [0, 0.1) is 17.8 Å². The van der Waals surface area contributed by atoms with Crippen molar-refractivity contribution in [2.24, 2.45) is 17.8 Å². The summed E-state index contributed by atoms with van der Waals surface area (Å²) in [5.41, 5.74) is -0.515. The highest BCUT2D eigenvalue weighted by Crippen LogP contribution is 2.48. The van der Waals surface area contributed by atoms with Crippen LogP contribution in [0.5, 0.6) is 0 Å². The molecule has 0 amide bonds. The molecule has 2 N–H and O–H groups in total. The lowest BCUT2D eigenvalue weighted by Crippen LogP contribution is -2.47. The molecule has 0 aliphatic heterocycles. The Bertz CT molecular complexity index is 1000. The third-order valence-corrected chi connectivity index (χ3v) is 7.17. The van der Waals surface area contributed by atoms with Gasteiger partial charge in [-0.15, -0.1) is 0 Å². The van der Waals surface area contributed by atoms with E-state index in [0.717, 1.165) is 5.57 Å². The van der Waals surface area contributed by atoms with Crippen molar-refractivity contribution in [1.29, 1.82) is 0 Å². The van der Waals surface area contributed by atoms with Crippen LogP contribution in [-0.2, 0) is 14.3 Å². The van der Waals surface area contributed by atoms with E-state index in [9.17, 15) is 19.8 Å². The van der Waals surface area contributed by atoms with E-state index in [1.807, 2.05) is 32.1 Å². The molecule has 1 aromatic rings. The second kappa shape index (κ2) is 10.5. The molecule has 0 aromatic heterocycles. The maximum Gasteiger partial charge on any atom is 0.338 e. The molecule has 190 valence electrons. The predicted molar refractivity (Wildman–Crippen MR) is 134 cm³/mol. The SMILES string of the molecule is C=C1CC[C@H](C(C)(C)O)/C=C/C(C)=C\[C@@]2(O)C[C@H](C)[C@H](OC(=O)c3ccccc3)[C@@H]2[C@H]1OC(C)=O. The Morgan fingerprint density at radius 3 is 2.43 bits per heavy atom. The van der Waals surface area contributed by atoms with E-state index in [4.69, 9.17) is 9.47 Å². The number of hydrogen-bond acceptors (Lipinski definition) is 6. The summed E-state index contributed by atoms with van der Waals surface area (Å²) in [5, 5.41) is 22.6. The summed E-state index contributed by atoms with van der Waals surface area (Å²) in [5.74, 6) is -2.08. The standard InChI is InChI=1S/C29H38O6/c1-18-12-14-23(28(5,6)32)15-13-19(2)25(34-21(4)30)24-26(20(3)17-29(24,33)16-18)35-27(31)22-10-8-7-9-11-22/h7-12,14,16,20,23-26,32-33H,2,13,15,17H2,1,3-6H3/b14-12+,18-16-/t20-,23+,24-,25-,26-,29+/m0/s1. The van der Waals surface area contributed by atoms with Gasteiger partial charge in [-0.2, -0.15) is 0 Å². The molecule has 1 aromatic carbocycles. The highest BCUT2D eigenvalue weighted by molar-refractivity contribution is 5.89. The third kappa shape index (κ3) is 6.30. The predicted octanol–water partition coefficient (Wildman–Crippen LogP) is 4.77. The minimum Gasteiger partial charge on any atom is -0.458 e. The summed E-state index contributed by atoms with van der Waals surface area (Å²) in [4.78, 5) is 25.2. The topological polar surface area (TPSA) is 93.1 Å². The van der Waals surface area contributed by atoms with Gasteiger partial charge in [0.2, 0.25) is 0 Å². The van der Waals surface area contributed by atoms with Crippen LogP contribution in [0.1, 0.15) is 64.2 Å². The lowest BCUT2D eigenvalue weighted by atomic mass is 9.79. The Kier molecular flexibility index (Phi) is 8.07. The fourth-order valence-corrected chi connectivity index (χ4v) is 5.42. The number of carbonyl (C=O) groups is 2. The molecule has 35 heavy (non-hydrogen) atoms. The average molecular weight is 483 g/mol. The molecule has 0 heterocycles. The van der Waals surface area contributed by atoms with Gasteiger partial charge in [0, 0.05) is 12.8 Å². The van der Waals surface area contributed by atoms with E-state index in [1.165, 1.54) is 6.92 Å². The zero-order valence-corrected chi connectivity index (χ0v) is 21.4. The van der Waals surface area contributed by atoms with Crippen molar-refractivity contribution in [3.8, 4) is 0 Å². The maximum atomic E-state index is 13.0. The molecule has 0 saturated heterocycles. The van der Waals surface area contributed by atoms with Crippen LogP contribution in [0.2, 0.25) is 0 Å². The highest BCUT2D eigenvalue weighted by atomic mass is 16.6. The molecule has 2 aliphatic rings. The molecule has 0 unspecified atom stereocenters. The second-order valence-electron chi connectivity index (χ2n) is 10.7. The van der Waals surface area contributed by atoms with Gasteiger partial charge in [-0.1, -0.05) is 49.4 Å². The van der Waals surface area contributed by atoms with E-state index < -0.39 is 41.3 Å². The Morgan fingerprint density at radius 2 is 1.83 bits per heavy atom. The van der Waals surface area contributed by atoms with E-state index in [1.54, 1.807) is 44.2 Å². The van der Waals surface area contributed by atoms with Gasteiger partial charge in [-0.3, -0.25) is 4.79 Å². The fraction of sp³-hybridized carbons (Fsp3) is 0.517. The first-order valence-electron chi connectivity index (χ1n) is 12.2. The van der Waals surface area contributed by atoms with Crippen LogP contribution in [0.25, 0.3) is 0 Å². The number of fused-ring (bicyclic) bond motifs is 1. The summed E-state index contributed by atoms with van der Waals surface area (Å²) in [6.07, 6.45) is 5.44. The molecular formula is C29H38O6. The molecule has 6 heteroatoms. The van der Waals surface area contributed by atoms with Crippen molar-refractivity contribution in [3.63, 3.8) is 0 Å². The first-order chi connectivity index (χ1) is 16.3. The van der Waals surface area contributed by atoms with Crippen molar-refractivity contribution < 1.29 is 29.3 Å². The minimum atomic E-state index is -1.40. The first-order valence-corrected chi connectivity index (χ1v) is 12.2. The molecule has 1 fully saturated rings. The normalized spacial score (nSPS) is 34.1. The Morgan fingerprint density at radius 1 is 1.17 bits per heavy atom. The lowest BCUT2D eigenvalue weighted by Gasteiger charge is -2.37. The number of ether oxygens (including phenoxy) is 2. The summed E-state index contributed by atoms with van der Waals surface area (Å²) in [6.45, 7) is 12.9. The van der Waals surface area contributed by atoms with Gasteiger partial charge in [-0.05, 0) is 69.7 Å². The van der Waals surface area contributed by atoms with Crippen molar-refractivity contribution in [2.75, 3.05) is 0 Å². The number of esters is 2. The molecule has 6 nitrogen and oxygen atoms in total. The smallest absolute Gasteiger partial charge is 0.338 e. The van der Waals surface area contributed by atoms with Gasteiger partial charge in [-0.25, -0.2) is 4.79 Å². The van der Waals surface area contributed by atoms with Gasteiger partial charge in [0.05, 0.1) is 22.7 Å². The van der Waals surface area contributed by atoms with Crippen molar-refractivity contribution in [3.05, 3.63) is 71.8 Å². The van der Waals surface area contributed by atoms with Crippen LogP contribution in [0.3, 0.4) is 0 Å². The zero-order valence-electron chi connectivity index (χ0n) is 21.4. The quantitative estimate of drug-likeness (QED) is 0.474.